The maximum Gasteiger partial charge on any atom is 0.416 e. The average Bonchev–Trinajstić information content (AvgIpc) is 3.05. The van der Waals surface area contributed by atoms with E-state index in [1.807, 2.05) is 37.3 Å². The van der Waals surface area contributed by atoms with Crippen molar-refractivity contribution in [2.45, 2.75) is 46.2 Å². The van der Waals surface area contributed by atoms with Crippen LogP contribution >= 0.6 is 0 Å². The number of Topliss-reactive ketones (excluding diaryl/α,β-unsaturated/α-hetero) is 1. The molecular weight excluding hydrogens is 593 g/mol. The summed E-state index contributed by atoms with van der Waals surface area (Å²) in [6.07, 6.45) is -2.57. The van der Waals surface area contributed by atoms with Crippen LogP contribution in [0.2, 0.25) is 0 Å². The molecule has 0 saturated heterocycles. The normalized spacial score (nSPS) is 11.5. The number of likely N-dealkylation sites (N-methyl/N-ethyl adjacent to an activating group) is 2. The number of ether oxygens (including phenoxy) is 1. The standard InChI is InChI=1S/C36H39F3N4O3/c1-5-43(6-2)16-17-46-32-14-12-26(13-15-32)19-31-23-34(41-24-40-31)42(4)35(45)22-29-18-27(11-10-25(29)3)20-33(44)28-8-7-9-30(21-28)36(37,38)39/h7-15,18,21,23-24H,5-6,16-17,19-20,22H2,1-4H3. The second kappa shape index (κ2) is 15.6. The molecule has 0 saturated carbocycles. The molecule has 4 rings (SSSR count). The van der Waals surface area contributed by atoms with Crippen molar-refractivity contribution in [1.82, 2.24) is 14.9 Å². The van der Waals surface area contributed by atoms with E-state index < -0.39 is 17.5 Å². The van der Waals surface area contributed by atoms with Crippen LogP contribution in [0.5, 0.6) is 5.75 Å². The van der Waals surface area contributed by atoms with Gasteiger partial charge in [0.15, 0.2) is 5.78 Å². The summed E-state index contributed by atoms with van der Waals surface area (Å²) < 4.78 is 45.2. The molecule has 0 atom stereocenters. The van der Waals surface area contributed by atoms with E-state index in [4.69, 9.17) is 4.74 Å². The van der Waals surface area contributed by atoms with Crippen LogP contribution in [0.3, 0.4) is 0 Å². The van der Waals surface area contributed by atoms with E-state index in [9.17, 15) is 22.8 Å². The number of nitrogens with zero attached hydrogens (tertiary/aromatic N) is 4. The largest absolute Gasteiger partial charge is 0.492 e. The van der Waals surface area contributed by atoms with Gasteiger partial charge >= 0.3 is 6.18 Å². The van der Waals surface area contributed by atoms with Crippen LogP contribution < -0.4 is 9.64 Å². The van der Waals surface area contributed by atoms with Crippen LogP contribution in [-0.2, 0) is 30.2 Å². The Balaban J connectivity index is 1.37. The van der Waals surface area contributed by atoms with Crippen LogP contribution in [-0.4, -0.2) is 59.8 Å². The monoisotopic (exact) mass is 632 g/mol. The topological polar surface area (TPSA) is 75.6 Å². The van der Waals surface area contributed by atoms with Gasteiger partial charge in [-0.05, 0) is 66.5 Å². The summed E-state index contributed by atoms with van der Waals surface area (Å²) >= 11 is 0. The molecule has 0 spiro atoms. The lowest BCUT2D eigenvalue weighted by Crippen LogP contribution is -2.29. The Morgan fingerprint density at radius 2 is 1.59 bits per heavy atom. The van der Waals surface area contributed by atoms with E-state index >= 15 is 0 Å². The van der Waals surface area contributed by atoms with Crippen LogP contribution in [0.15, 0.2) is 79.1 Å². The zero-order valence-electron chi connectivity index (χ0n) is 26.6. The third-order valence-electron chi connectivity index (χ3n) is 7.94. The number of hydrogen-bond acceptors (Lipinski definition) is 6. The molecule has 0 aliphatic rings. The van der Waals surface area contributed by atoms with Gasteiger partial charge in [-0.15, -0.1) is 0 Å². The molecule has 0 N–H and O–H groups in total. The lowest BCUT2D eigenvalue weighted by Gasteiger charge is -2.18. The van der Waals surface area contributed by atoms with Crippen molar-refractivity contribution in [3.8, 4) is 5.75 Å². The number of aromatic nitrogens is 2. The number of amides is 1. The van der Waals surface area contributed by atoms with Gasteiger partial charge in [0, 0.05) is 38.1 Å². The van der Waals surface area contributed by atoms with E-state index in [-0.39, 0.29) is 24.3 Å². The molecule has 1 aromatic heterocycles. The van der Waals surface area contributed by atoms with Crippen molar-refractivity contribution in [3.63, 3.8) is 0 Å². The number of carbonyl (C=O) groups is 2. The second-order valence-electron chi connectivity index (χ2n) is 11.1. The number of alkyl halides is 3. The molecule has 0 aliphatic carbocycles. The van der Waals surface area contributed by atoms with Crippen molar-refractivity contribution >= 4 is 17.5 Å². The molecule has 3 aromatic carbocycles. The first-order valence-electron chi connectivity index (χ1n) is 15.3. The zero-order valence-corrected chi connectivity index (χ0v) is 26.6. The Hall–Kier alpha value is -4.57. The van der Waals surface area contributed by atoms with Crippen LogP contribution in [0, 0.1) is 6.92 Å². The Morgan fingerprint density at radius 1 is 0.870 bits per heavy atom. The van der Waals surface area contributed by atoms with E-state index in [1.54, 1.807) is 25.2 Å². The number of halogens is 3. The predicted octanol–water partition coefficient (Wildman–Crippen LogP) is 6.75. The fourth-order valence-electron chi connectivity index (χ4n) is 5.00. The molecule has 1 heterocycles. The van der Waals surface area contributed by atoms with E-state index in [0.29, 0.717) is 24.4 Å². The SMILES string of the molecule is CCN(CC)CCOc1ccc(Cc2cc(N(C)C(=O)Cc3cc(CC(=O)c4cccc(C(F)(F)F)c4)ccc3C)ncn2)cc1. The van der Waals surface area contributed by atoms with E-state index in [2.05, 4.69) is 28.7 Å². The highest BCUT2D eigenvalue weighted by Crippen LogP contribution is 2.30. The first-order chi connectivity index (χ1) is 22.0. The fourth-order valence-corrected chi connectivity index (χ4v) is 5.00. The lowest BCUT2D eigenvalue weighted by molar-refractivity contribution is -0.137. The Labute approximate surface area is 268 Å². The summed E-state index contributed by atoms with van der Waals surface area (Å²) in [6.45, 7) is 9.61. The Kier molecular flexibility index (Phi) is 11.7. The van der Waals surface area contributed by atoms with Gasteiger partial charge in [-0.25, -0.2) is 9.97 Å². The molecule has 0 aliphatic heterocycles. The molecule has 0 bridgehead atoms. The number of benzene rings is 3. The van der Waals surface area contributed by atoms with Crippen LogP contribution in [0.1, 0.15) is 57.7 Å². The number of aryl methyl sites for hydroxylation is 1. The highest BCUT2D eigenvalue weighted by molar-refractivity contribution is 5.98. The zero-order chi connectivity index (χ0) is 33.3. The van der Waals surface area contributed by atoms with Crippen LogP contribution in [0.4, 0.5) is 19.0 Å². The molecule has 0 radical (unpaired) electrons. The van der Waals surface area contributed by atoms with Crippen molar-refractivity contribution in [1.29, 1.82) is 0 Å². The van der Waals surface area contributed by atoms with Crippen LogP contribution in [0.25, 0.3) is 0 Å². The Morgan fingerprint density at radius 3 is 2.28 bits per heavy atom. The maximum absolute atomic E-state index is 13.3. The summed E-state index contributed by atoms with van der Waals surface area (Å²) in [4.78, 5) is 38.6. The highest BCUT2D eigenvalue weighted by Gasteiger charge is 2.31. The molecular formula is C36H39F3N4O3. The minimum absolute atomic E-state index is 0.0116. The average molecular weight is 633 g/mol. The quantitative estimate of drug-likeness (QED) is 0.143. The Bertz CT molecular complexity index is 1640. The first-order valence-corrected chi connectivity index (χ1v) is 15.3. The van der Waals surface area contributed by atoms with Gasteiger partial charge in [-0.1, -0.05) is 56.3 Å². The third kappa shape index (κ3) is 9.47. The molecule has 10 heteroatoms. The molecule has 0 fully saturated rings. The number of hydrogen-bond donors (Lipinski definition) is 0. The van der Waals surface area contributed by atoms with Gasteiger partial charge in [0.25, 0.3) is 0 Å². The molecule has 1 amide bonds. The van der Waals surface area contributed by atoms with Crippen molar-refractivity contribution in [2.24, 2.45) is 0 Å². The van der Waals surface area contributed by atoms with Crippen molar-refractivity contribution in [2.75, 3.05) is 38.2 Å². The maximum atomic E-state index is 13.3. The van der Waals surface area contributed by atoms with Gasteiger partial charge in [0.05, 0.1) is 17.7 Å². The molecule has 7 nitrogen and oxygen atoms in total. The van der Waals surface area contributed by atoms with Gasteiger partial charge in [-0.3, -0.25) is 14.5 Å². The fraction of sp³-hybridized carbons (Fsp3) is 0.333. The first kappa shape index (κ1) is 34.3. The summed E-state index contributed by atoms with van der Waals surface area (Å²) in [5, 5.41) is 0. The number of anilines is 1. The smallest absolute Gasteiger partial charge is 0.416 e. The number of ketones is 1. The van der Waals surface area contributed by atoms with Gasteiger partial charge in [0.1, 0.15) is 24.5 Å². The highest BCUT2D eigenvalue weighted by atomic mass is 19.4. The summed E-state index contributed by atoms with van der Waals surface area (Å²) in [6, 6.07) is 19.4. The minimum atomic E-state index is -4.53. The number of carbonyl (C=O) groups excluding carboxylic acids is 2. The van der Waals surface area contributed by atoms with E-state index in [0.717, 1.165) is 59.9 Å². The number of rotatable bonds is 14. The summed E-state index contributed by atoms with van der Waals surface area (Å²) in [5.41, 5.74) is 3.12. The molecule has 242 valence electrons. The molecule has 46 heavy (non-hydrogen) atoms. The second-order valence-corrected chi connectivity index (χ2v) is 11.1. The van der Waals surface area contributed by atoms with Crippen molar-refractivity contribution in [3.05, 3.63) is 118 Å². The summed E-state index contributed by atoms with van der Waals surface area (Å²) in [5.74, 6) is 0.625. The van der Waals surface area contributed by atoms with E-state index in [1.165, 1.54) is 23.4 Å². The summed E-state index contributed by atoms with van der Waals surface area (Å²) in [7, 11) is 1.65. The predicted molar refractivity (Wildman–Crippen MR) is 172 cm³/mol. The molecule has 0 unspecified atom stereocenters. The third-order valence-corrected chi connectivity index (χ3v) is 7.94. The van der Waals surface area contributed by atoms with Gasteiger partial charge in [-0.2, -0.15) is 13.2 Å². The van der Waals surface area contributed by atoms with Gasteiger partial charge in [0.2, 0.25) is 5.91 Å². The molecule has 4 aromatic rings. The van der Waals surface area contributed by atoms with Crippen molar-refractivity contribution < 1.29 is 27.5 Å². The minimum Gasteiger partial charge on any atom is -0.492 e. The van der Waals surface area contributed by atoms with Gasteiger partial charge < -0.3 is 9.64 Å². The lowest BCUT2D eigenvalue weighted by atomic mass is 9.96.